The molecule has 1 unspecified atom stereocenters. The summed E-state index contributed by atoms with van der Waals surface area (Å²) in [5.41, 5.74) is 13.4. The Labute approximate surface area is 161 Å². The summed E-state index contributed by atoms with van der Waals surface area (Å²) in [6.07, 6.45) is 1.81. The molecule has 142 valence electrons. The molecule has 0 fully saturated rings. The molecule has 0 amide bonds. The Bertz CT molecular complexity index is 1040. The van der Waals surface area contributed by atoms with Gasteiger partial charge < -0.3 is 26.3 Å². The number of nitrogens with zero attached hydrogens (tertiary/aromatic N) is 4. The number of nitrogens with two attached hydrogens (primary N) is 2. The molecule has 6 N–H and O–H groups in total. The van der Waals surface area contributed by atoms with E-state index in [0.29, 0.717) is 35.1 Å². The first-order chi connectivity index (χ1) is 13.5. The van der Waals surface area contributed by atoms with Gasteiger partial charge in [0.2, 0.25) is 5.96 Å². The predicted octanol–water partition coefficient (Wildman–Crippen LogP) is 1.47. The zero-order valence-corrected chi connectivity index (χ0v) is 15.3. The van der Waals surface area contributed by atoms with Gasteiger partial charge in [-0.1, -0.05) is 12.1 Å². The summed E-state index contributed by atoms with van der Waals surface area (Å²) >= 11 is 0. The fourth-order valence-electron chi connectivity index (χ4n) is 3.01. The number of ether oxygens (including phenoxy) is 2. The summed E-state index contributed by atoms with van der Waals surface area (Å²) in [4.78, 5) is 8.77. The highest BCUT2D eigenvalue weighted by atomic mass is 16.5. The molecule has 1 aromatic carbocycles. The quantitative estimate of drug-likeness (QED) is 0.454. The Morgan fingerprint density at radius 3 is 2.75 bits per heavy atom. The van der Waals surface area contributed by atoms with Gasteiger partial charge in [0.15, 0.2) is 17.7 Å². The molecule has 10 nitrogen and oxygen atoms in total. The number of guanidine groups is 1. The lowest BCUT2D eigenvalue weighted by Gasteiger charge is -2.27. The van der Waals surface area contributed by atoms with Crippen molar-refractivity contribution < 1.29 is 9.47 Å². The molecule has 0 radical (unpaired) electrons. The first-order valence-electron chi connectivity index (χ1n) is 8.34. The third kappa shape index (κ3) is 3.04. The third-order valence-corrected chi connectivity index (χ3v) is 4.17. The van der Waals surface area contributed by atoms with E-state index in [9.17, 15) is 5.26 Å². The maximum absolute atomic E-state index is 9.41. The van der Waals surface area contributed by atoms with Crippen molar-refractivity contribution in [3.8, 4) is 23.8 Å². The van der Waals surface area contributed by atoms with Crippen LogP contribution in [0.4, 0.5) is 17.3 Å². The van der Waals surface area contributed by atoms with Crippen LogP contribution in [0.15, 0.2) is 23.2 Å². The van der Waals surface area contributed by atoms with Crippen LogP contribution >= 0.6 is 0 Å². The fraction of sp³-hybridized carbons (Fsp3) is 0.222. The van der Waals surface area contributed by atoms with Gasteiger partial charge in [-0.3, -0.25) is 5.32 Å². The SMILES string of the molecule is CCOc1c(OC)cccc1C1N=C(NC#N)Nc2nc(N)c(C#N)c(N)c21. The number of hydrogen-bond acceptors (Lipinski definition) is 10. The average molecular weight is 378 g/mol. The number of methoxy groups -OCH3 is 1. The van der Waals surface area contributed by atoms with E-state index in [2.05, 4.69) is 20.6 Å². The Morgan fingerprint density at radius 2 is 2.11 bits per heavy atom. The number of rotatable bonds is 4. The molecule has 0 saturated carbocycles. The summed E-state index contributed by atoms with van der Waals surface area (Å²) in [6.45, 7) is 2.25. The maximum Gasteiger partial charge on any atom is 0.211 e. The van der Waals surface area contributed by atoms with E-state index in [1.807, 2.05) is 25.3 Å². The van der Waals surface area contributed by atoms with Crippen LogP contribution < -0.4 is 31.6 Å². The number of para-hydroxylation sites is 1. The number of aliphatic imine (C=N–C) groups is 1. The zero-order valence-electron chi connectivity index (χ0n) is 15.3. The van der Waals surface area contributed by atoms with Crippen molar-refractivity contribution in [3.63, 3.8) is 0 Å². The van der Waals surface area contributed by atoms with Gasteiger partial charge in [-0.15, -0.1) is 0 Å². The van der Waals surface area contributed by atoms with Gasteiger partial charge in [-0.05, 0) is 13.0 Å². The van der Waals surface area contributed by atoms with Crippen LogP contribution in [0.1, 0.15) is 29.7 Å². The number of benzene rings is 1. The standard InChI is InChI=1S/C18H18N8O2/c1-3-28-15-9(5-4-6-11(15)27-2)14-12-13(21)10(7-19)16(22)25-17(12)26-18(24-14)23-8-20/h4-6,14H,3H2,1-2H3,(H6,21,22,23,24,25,26). The lowest BCUT2D eigenvalue weighted by Crippen LogP contribution is -2.33. The van der Waals surface area contributed by atoms with Gasteiger partial charge in [-0.2, -0.15) is 10.5 Å². The molecule has 2 aromatic rings. The van der Waals surface area contributed by atoms with Crippen LogP contribution in [0.2, 0.25) is 0 Å². The number of nitrogens with one attached hydrogen (secondary N) is 2. The number of hydrogen-bond donors (Lipinski definition) is 4. The first kappa shape index (κ1) is 18.6. The number of nitrogen functional groups attached to an aromatic ring is 2. The van der Waals surface area contributed by atoms with Crippen molar-refractivity contribution in [1.82, 2.24) is 10.3 Å². The Hall–Kier alpha value is -4.18. The highest BCUT2D eigenvalue weighted by molar-refractivity contribution is 5.98. The Morgan fingerprint density at radius 1 is 1.32 bits per heavy atom. The van der Waals surface area contributed by atoms with Gasteiger partial charge in [0, 0.05) is 11.1 Å². The Kier molecular flexibility index (Phi) is 5.05. The summed E-state index contributed by atoms with van der Waals surface area (Å²) in [7, 11) is 1.54. The summed E-state index contributed by atoms with van der Waals surface area (Å²) in [6, 6.07) is 6.63. The number of fused-ring (bicyclic) bond motifs is 1. The second-order valence-electron chi connectivity index (χ2n) is 5.71. The minimum Gasteiger partial charge on any atom is -0.493 e. The molecule has 1 aliphatic heterocycles. The van der Waals surface area contributed by atoms with Gasteiger partial charge in [0.05, 0.1) is 19.4 Å². The van der Waals surface area contributed by atoms with Crippen LogP contribution in [0.25, 0.3) is 0 Å². The molecule has 0 spiro atoms. The Balaban J connectivity index is 2.30. The normalized spacial score (nSPS) is 14.6. The van der Waals surface area contributed by atoms with Crippen LogP contribution in [0.5, 0.6) is 11.5 Å². The topological polar surface area (TPSA) is 167 Å². The zero-order chi connectivity index (χ0) is 20.3. The molecule has 3 rings (SSSR count). The fourth-order valence-corrected chi connectivity index (χ4v) is 3.01. The predicted molar refractivity (Wildman–Crippen MR) is 104 cm³/mol. The van der Waals surface area contributed by atoms with Gasteiger partial charge in [0.25, 0.3) is 0 Å². The summed E-state index contributed by atoms with van der Waals surface area (Å²) in [5.74, 6) is 1.46. The smallest absolute Gasteiger partial charge is 0.211 e. The van der Waals surface area contributed by atoms with Crippen LogP contribution in [-0.4, -0.2) is 24.7 Å². The largest absolute Gasteiger partial charge is 0.493 e. The molecule has 28 heavy (non-hydrogen) atoms. The van der Waals surface area contributed by atoms with E-state index < -0.39 is 6.04 Å². The van der Waals surface area contributed by atoms with Crippen molar-refractivity contribution in [3.05, 3.63) is 34.9 Å². The second-order valence-corrected chi connectivity index (χ2v) is 5.71. The molecule has 2 heterocycles. The second kappa shape index (κ2) is 7.60. The summed E-state index contributed by atoms with van der Waals surface area (Å²) in [5, 5.41) is 23.7. The molecule has 10 heteroatoms. The van der Waals surface area contributed by atoms with Crippen LogP contribution in [-0.2, 0) is 0 Å². The minimum atomic E-state index is -0.705. The van der Waals surface area contributed by atoms with E-state index >= 15 is 0 Å². The highest BCUT2D eigenvalue weighted by Gasteiger charge is 2.32. The van der Waals surface area contributed by atoms with E-state index in [0.717, 1.165) is 0 Å². The molecule has 0 saturated heterocycles. The molecule has 0 bridgehead atoms. The van der Waals surface area contributed by atoms with Crippen LogP contribution in [0.3, 0.4) is 0 Å². The number of anilines is 3. The van der Waals surface area contributed by atoms with Crippen molar-refractivity contribution in [2.45, 2.75) is 13.0 Å². The summed E-state index contributed by atoms with van der Waals surface area (Å²) < 4.78 is 11.2. The van der Waals surface area contributed by atoms with E-state index in [4.69, 9.17) is 26.2 Å². The van der Waals surface area contributed by atoms with Gasteiger partial charge in [-0.25, -0.2) is 9.98 Å². The molecule has 1 atom stereocenters. The number of aromatic nitrogens is 1. The number of pyridine rings is 1. The van der Waals surface area contributed by atoms with E-state index in [1.165, 1.54) is 7.11 Å². The third-order valence-electron chi connectivity index (χ3n) is 4.17. The average Bonchev–Trinajstić information content (AvgIpc) is 2.68. The van der Waals surface area contributed by atoms with Crippen LogP contribution in [0, 0.1) is 22.8 Å². The highest BCUT2D eigenvalue weighted by Crippen LogP contribution is 2.45. The minimum absolute atomic E-state index is 0.0149. The lowest BCUT2D eigenvalue weighted by atomic mass is 9.94. The monoisotopic (exact) mass is 378 g/mol. The van der Waals surface area contributed by atoms with Crippen molar-refractivity contribution in [2.24, 2.45) is 4.99 Å². The molecule has 1 aromatic heterocycles. The molecular weight excluding hydrogens is 360 g/mol. The molecule has 1 aliphatic rings. The lowest BCUT2D eigenvalue weighted by molar-refractivity contribution is 0.306. The van der Waals surface area contributed by atoms with Crippen molar-refractivity contribution in [1.29, 1.82) is 10.5 Å². The van der Waals surface area contributed by atoms with Gasteiger partial charge >= 0.3 is 0 Å². The number of nitriles is 2. The van der Waals surface area contributed by atoms with E-state index in [-0.39, 0.29) is 23.0 Å². The van der Waals surface area contributed by atoms with Crippen molar-refractivity contribution >= 4 is 23.3 Å². The van der Waals surface area contributed by atoms with E-state index in [1.54, 1.807) is 12.1 Å². The first-order valence-corrected chi connectivity index (χ1v) is 8.34. The van der Waals surface area contributed by atoms with Crippen molar-refractivity contribution in [2.75, 3.05) is 30.5 Å². The molecular formula is C18H18N8O2. The maximum atomic E-state index is 9.41. The van der Waals surface area contributed by atoms with Gasteiger partial charge in [0.1, 0.15) is 29.3 Å². The molecule has 0 aliphatic carbocycles.